The lowest BCUT2D eigenvalue weighted by Gasteiger charge is -2.06. The van der Waals surface area contributed by atoms with E-state index in [1.807, 2.05) is 0 Å². The molecule has 0 unspecified atom stereocenters. The van der Waals surface area contributed by atoms with Crippen molar-refractivity contribution >= 4 is 32.6 Å². The molecule has 2 aromatic heterocycles. The van der Waals surface area contributed by atoms with Crippen LogP contribution in [-0.2, 0) is 36.7 Å². The fraction of sp³-hybridized carbons (Fsp3) is 0.267. The first-order chi connectivity index (χ1) is 11.6. The Kier molecular flexibility index (Phi) is 4.08. The Bertz CT molecular complexity index is 1220. The first-order valence-corrected chi connectivity index (χ1v) is 9.26. The van der Waals surface area contributed by atoms with Gasteiger partial charge in [-0.05, 0) is 11.6 Å². The van der Waals surface area contributed by atoms with E-state index in [1.54, 1.807) is 24.3 Å². The maximum absolute atomic E-state index is 12.8. The van der Waals surface area contributed by atoms with Gasteiger partial charge in [0.05, 0.1) is 5.75 Å². The van der Waals surface area contributed by atoms with E-state index in [1.165, 1.54) is 25.7 Å². The molecule has 0 aliphatic heterocycles. The maximum atomic E-state index is 12.8. The molecule has 25 heavy (non-hydrogen) atoms. The SMILES string of the molecule is Cn1c(=O)c2c(nc(S(=O)(=O)Cc3ccccc3Cl)n2C)n(C)c1=O. The van der Waals surface area contributed by atoms with E-state index < -0.39 is 21.1 Å². The standard InChI is InChI=1S/C15H15ClN4O4S/c1-18-11-12(19(2)15(22)20(3)13(11)21)17-14(18)25(23,24)8-9-6-4-5-7-10(9)16/h4-7H,8H2,1-3H3. The van der Waals surface area contributed by atoms with E-state index in [4.69, 9.17) is 11.6 Å². The quantitative estimate of drug-likeness (QED) is 0.660. The van der Waals surface area contributed by atoms with Gasteiger partial charge in [-0.25, -0.2) is 13.2 Å². The van der Waals surface area contributed by atoms with Crippen molar-refractivity contribution in [2.75, 3.05) is 0 Å². The molecular weight excluding hydrogens is 368 g/mol. The number of hydrogen-bond acceptors (Lipinski definition) is 5. The molecule has 3 aromatic rings. The average molecular weight is 383 g/mol. The van der Waals surface area contributed by atoms with Crippen molar-refractivity contribution in [3.05, 3.63) is 55.7 Å². The molecule has 0 bridgehead atoms. The number of hydrogen-bond donors (Lipinski definition) is 0. The van der Waals surface area contributed by atoms with Crippen LogP contribution in [-0.4, -0.2) is 27.1 Å². The molecular formula is C15H15ClN4O4S. The third-order valence-electron chi connectivity index (χ3n) is 4.02. The predicted octanol–water partition coefficient (Wildman–Crippen LogP) is 0.598. The molecule has 0 aliphatic rings. The van der Waals surface area contributed by atoms with E-state index in [0.29, 0.717) is 10.6 Å². The monoisotopic (exact) mass is 382 g/mol. The van der Waals surface area contributed by atoms with E-state index in [9.17, 15) is 18.0 Å². The highest BCUT2D eigenvalue weighted by Crippen LogP contribution is 2.22. The lowest BCUT2D eigenvalue weighted by Crippen LogP contribution is -2.37. The molecule has 0 aliphatic carbocycles. The van der Waals surface area contributed by atoms with Gasteiger partial charge in [0, 0.05) is 26.2 Å². The predicted molar refractivity (Wildman–Crippen MR) is 93.5 cm³/mol. The van der Waals surface area contributed by atoms with E-state index in [2.05, 4.69) is 4.98 Å². The fourth-order valence-electron chi connectivity index (χ4n) is 2.66. The van der Waals surface area contributed by atoms with Gasteiger partial charge in [-0.15, -0.1) is 0 Å². The van der Waals surface area contributed by atoms with Crippen LogP contribution >= 0.6 is 11.6 Å². The molecule has 1 aromatic carbocycles. The molecule has 0 spiro atoms. The molecule has 0 saturated carbocycles. The minimum absolute atomic E-state index is 0.0216. The summed E-state index contributed by atoms with van der Waals surface area (Å²) < 4.78 is 28.9. The summed E-state index contributed by atoms with van der Waals surface area (Å²) in [5.74, 6) is -0.363. The molecule has 0 radical (unpaired) electrons. The number of fused-ring (bicyclic) bond motifs is 1. The van der Waals surface area contributed by atoms with Crippen molar-refractivity contribution in [1.82, 2.24) is 18.7 Å². The Morgan fingerprint density at radius 2 is 1.68 bits per heavy atom. The second-order valence-electron chi connectivity index (χ2n) is 5.68. The van der Waals surface area contributed by atoms with Gasteiger partial charge in [-0.1, -0.05) is 29.8 Å². The Labute approximate surface area is 147 Å². The number of benzene rings is 1. The Morgan fingerprint density at radius 3 is 2.32 bits per heavy atom. The Hall–Kier alpha value is -2.39. The fourth-order valence-corrected chi connectivity index (χ4v) is 4.47. The molecule has 0 saturated heterocycles. The van der Waals surface area contributed by atoms with Crippen molar-refractivity contribution in [2.24, 2.45) is 21.1 Å². The van der Waals surface area contributed by atoms with Crippen LogP contribution in [0.5, 0.6) is 0 Å². The number of nitrogens with zero attached hydrogens (tertiary/aromatic N) is 4. The molecule has 0 fully saturated rings. The zero-order valence-corrected chi connectivity index (χ0v) is 15.3. The van der Waals surface area contributed by atoms with E-state index >= 15 is 0 Å². The van der Waals surface area contributed by atoms with Crippen molar-refractivity contribution in [2.45, 2.75) is 10.9 Å². The topological polar surface area (TPSA) is 96.0 Å². The van der Waals surface area contributed by atoms with Crippen LogP contribution in [0.25, 0.3) is 11.2 Å². The van der Waals surface area contributed by atoms with Crippen LogP contribution in [0.15, 0.2) is 39.0 Å². The van der Waals surface area contributed by atoms with Crippen LogP contribution in [0.3, 0.4) is 0 Å². The van der Waals surface area contributed by atoms with Crippen molar-refractivity contribution in [1.29, 1.82) is 0 Å². The lowest BCUT2D eigenvalue weighted by molar-refractivity contribution is 0.579. The molecule has 3 rings (SSSR count). The molecule has 0 atom stereocenters. The number of imidazole rings is 1. The first kappa shape index (κ1) is 17.4. The summed E-state index contributed by atoms with van der Waals surface area (Å²) in [6, 6.07) is 6.59. The van der Waals surface area contributed by atoms with E-state index in [0.717, 1.165) is 9.13 Å². The Morgan fingerprint density at radius 1 is 1.04 bits per heavy atom. The Balaban J connectivity index is 2.26. The number of aryl methyl sites for hydroxylation is 2. The molecule has 0 N–H and O–H groups in total. The number of sulfone groups is 1. The second-order valence-corrected chi connectivity index (χ2v) is 7.97. The van der Waals surface area contributed by atoms with E-state index in [-0.39, 0.29) is 22.1 Å². The van der Waals surface area contributed by atoms with Crippen molar-refractivity contribution in [3.8, 4) is 0 Å². The lowest BCUT2D eigenvalue weighted by atomic mass is 10.2. The van der Waals surface area contributed by atoms with Crippen molar-refractivity contribution < 1.29 is 8.42 Å². The summed E-state index contributed by atoms with van der Waals surface area (Å²) in [6.45, 7) is 0. The van der Waals surface area contributed by atoms with Crippen LogP contribution in [0.4, 0.5) is 0 Å². The van der Waals surface area contributed by atoms with Gasteiger partial charge in [0.1, 0.15) is 0 Å². The van der Waals surface area contributed by atoms with Crippen molar-refractivity contribution in [3.63, 3.8) is 0 Å². The van der Waals surface area contributed by atoms with Gasteiger partial charge >= 0.3 is 5.69 Å². The smallest absolute Gasteiger partial charge is 0.312 e. The largest absolute Gasteiger partial charge is 0.332 e. The molecule has 0 amide bonds. The highest BCUT2D eigenvalue weighted by atomic mass is 35.5. The van der Waals surface area contributed by atoms with Gasteiger partial charge < -0.3 is 4.57 Å². The van der Waals surface area contributed by atoms with Crippen LogP contribution in [0.2, 0.25) is 5.02 Å². The number of rotatable bonds is 3. The molecule has 132 valence electrons. The molecule has 10 heteroatoms. The number of halogens is 1. The van der Waals surface area contributed by atoms with Gasteiger partial charge in [-0.2, -0.15) is 4.98 Å². The molecule has 8 nitrogen and oxygen atoms in total. The summed E-state index contributed by atoms with van der Waals surface area (Å²) in [5, 5.41) is 0.0360. The zero-order valence-electron chi connectivity index (χ0n) is 13.7. The van der Waals surface area contributed by atoms with Gasteiger partial charge in [-0.3, -0.25) is 13.9 Å². The number of aromatic nitrogens is 4. The highest BCUT2D eigenvalue weighted by molar-refractivity contribution is 7.90. The average Bonchev–Trinajstić information content (AvgIpc) is 2.91. The minimum atomic E-state index is -3.88. The van der Waals surface area contributed by atoms with Crippen LogP contribution in [0.1, 0.15) is 5.56 Å². The van der Waals surface area contributed by atoms with Gasteiger partial charge in [0.15, 0.2) is 11.2 Å². The summed E-state index contributed by atoms with van der Waals surface area (Å²) >= 11 is 6.04. The maximum Gasteiger partial charge on any atom is 0.332 e. The molecule has 2 heterocycles. The normalized spacial score (nSPS) is 12.0. The second kappa shape index (κ2) is 5.85. The van der Waals surface area contributed by atoms with Gasteiger partial charge in [0.2, 0.25) is 15.0 Å². The zero-order chi connectivity index (χ0) is 18.5. The van der Waals surface area contributed by atoms with Gasteiger partial charge in [0.25, 0.3) is 5.56 Å². The third kappa shape index (κ3) is 2.69. The summed E-state index contributed by atoms with van der Waals surface area (Å²) in [5.41, 5.74) is -0.688. The third-order valence-corrected chi connectivity index (χ3v) is 6.00. The highest BCUT2D eigenvalue weighted by Gasteiger charge is 2.26. The summed E-state index contributed by atoms with van der Waals surface area (Å²) in [6.07, 6.45) is 0. The summed E-state index contributed by atoms with van der Waals surface area (Å²) in [4.78, 5) is 28.4. The van der Waals surface area contributed by atoms with Crippen LogP contribution in [0, 0.1) is 0 Å². The summed E-state index contributed by atoms with van der Waals surface area (Å²) in [7, 11) is 0.308. The van der Waals surface area contributed by atoms with Crippen LogP contribution < -0.4 is 11.2 Å². The first-order valence-electron chi connectivity index (χ1n) is 7.23. The minimum Gasteiger partial charge on any atom is -0.312 e.